The lowest BCUT2D eigenvalue weighted by Gasteiger charge is -2.26. The van der Waals surface area contributed by atoms with E-state index in [1.165, 1.54) is 12.1 Å². The highest BCUT2D eigenvalue weighted by molar-refractivity contribution is 5.92. The number of hydrogen-bond acceptors (Lipinski definition) is 5. The molecule has 7 nitrogen and oxygen atoms in total. The quantitative estimate of drug-likeness (QED) is 0.561. The molecule has 2 rings (SSSR count). The minimum atomic E-state index is -0.474. The van der Waals surface area contributed by atoms with Crippen LogP contribution in [-0.2, 0) is 4.79 Å². The van der Waals surface area contributed by atoms with E-state index in [-0.39, 0.29) is 24.1 Å². The number of rotatable bonds is 8. The molecule has 0 fully saturated rings. The number of nitro benzene ring substituents is 1. The fraction of sp³-hybridized carbons (Fsp3) is 0.350. The number of amides is 1. The Hall–Kier alpha value is -2.93. The topological polar surface area (TPSA) is 84.7 Å². The van der Waals surface area contributed by atoms with Gasteiger partial charge >= 0.3 is 0 Å². The molecule has 1 amide bonds. The molecule has 0 aromatic heterocycles. The lowest BCUT2D eigenvalue weighted by Crippen LogP contribution is -2.27. The molecule has 0 saturated carbocycles. The number of nitrogens with zero attached hydrogens (tertiary/aromatic N) is 2. The van der Waals surface area contributed by atoms with Crippen molar-refractivity contribution < 1.29 is 14.5 Å². The maximum Gasteiger partial charge on any atom is 0.271 e. The van der Waals surface area contributed by atoms with Crippen molar-refractivity contribution in [3.8, 4) is 5.75 Å². The molecule has 7 heteroatoms. The fourth-order valence-corrected chi connectivity index (χ4v) is 2.79. The monoisotopic (exact) mass is 371 g/mol. The van der Waals surface area contributed by atoms with E-state index in [4.69, 9.17) is 4.74 Å². The van der Waals surface area contributed by atoms with Crippen LogP contribution < -0.4 is 10.1 Å². The Morgan fingerprint density at radius 1 is 1.30 bits per heavy atom. The average Bonchev–Trinajstić information content (AvgIpc) is 2.66. The maximum atomic E-state index is 12.3. The molecule has 2 aromatic carbocycles. The number of ether oxygens (including phenoxy) is 1. The molecule has 144 valence electrons. The number of nitro groups is 1. The van der Waals surface area contributed by atoms with E-state index >= 15 is 0 Å². The van der Waals surface area contributed by atoms with Crippen molar-refractivity contribution in [2.45, 2.75) is 26.3 Å². The van der Waals surface area contributed by atoms with Gasteiger partial charge in [-0.2, -0.15) is 0 Å². The summed E-state index contributed by atoms with van der Waals surface area (Å²) >= 11 is 0. The first-order chi connectivity index (χ1) is 12.8. The molecule has 0 radical (unpaired) electrons. The summed E-state index contributed by atoms with van der Waals surface area (Å²) in [6.45, 7) is 4.40. The number of aryl methyl sites for hydroxylation is 1. The summed E-state index contributed by atoms with van der Waals surface area (Å²) in [5, 5.41) is 13.7. The standard InChI is InChI=1S/C20H25N3O4/c1-14-9-10-16(23(25)26)13-18(14)21-20(24)11-12-22(3)15(2)17-7-5-6-8-19(17)27-4/h5-10,13,15H,11-12H2,1-4H3,(H,21,24). The zero-order valence-corrected chi connectivity index (χ0v) is 16.1. The van der Waals surface area contributed by atoms with Crippen molar-refractivity contribution in [2.75, 3.05) is 26.0 Å². The van der Waals surface area contributed by atoms with Crippen LogP contribution in [0.2, 0.25) is 0 Å². The van der Waals surface area contributed by atoms with Gasteiger partial charge in [0.05, 0.1) is 17.7 Å². The second-order valence-corrected chi connectivity index (χ2v) is 6.45. The number of benzene rings is 2. The van der Waals surface area contributed by atoms with Gasteiger partial charge in [-0.25, -0.2) is 0 Å². The number of nitrogens with one attached hydrogen (secondary N) is 1. The number of carbonyl (C=O) groups excluding carboxylic acids is 1. The summed E-state index contributed by atoms with van der Waals surface area (Å²) < 4.78 is 5.40. The molecule has 2 aromatic rings. The molecular weight excluding hydrogens is 346 g/mol. The predicted molar refractivity (Wildman–Crippen MR) is 105 cm³/mol. The number of anilines is 1. The van der Waals surface area contributed by atoms with Crippen LogP contribution >= 0.6 is 0 Å². The third-order valence-corrected chi connectivity index (χ3v) is 4.65. The van der Waals surface area contributed by atoms with Gasteiger partial charge in [0.1, 0.15) is 5.75 Å². The Balaban J connectivity index is 1.97. The lowest BCUT2D eigenvalue weighted by atomic mass is 10.1. The third kappa shape index (κ3) is 5.27. The number of non-ortho nitro benzene ring substituents is 1. The summed E-state index contributed by atoms with van der Waals surface area (Å²) in [4.78, 5) is 24.8. The van der Waals surface area contributed by atoms with Crippen molar-refractivity contribution in [3.63, 3.8) is 0 Å². The van der Waals surface area contributed by atoms with Gasteiger partial charge in [-0.15, -0.1) is 0 Å². The average molecular weight is 371 g/mol. The van der Waals surface area contributed by atoms with E-state index in [1.54, 1.807) is 20.1 Å². The zero-order valence-electron chi connectivity index (χ0n) is 16.1. The predicted octanol–water partition coefficient (Wildman–Crippen LogP) is 3.93. The SMILES string of the molecule is COc1ccccc1C(C)N(C)CCC(=O)Nc1cc([N+](=O)[O-])ccc1C. The highest BCUT2D eigenvalue weighted by atomic mass is 16.6. The van der Waals surface area contributed by atoms with Crippen LogP contribution in [0.25, 0.3) is 0 Å². The molecule has 1 unspecified atom stereocenters. The zero-order chi connectivity index (χ0) is 20.0. The molecule has 0 aliphatic carbocycles. The van der Waals surface area contributed by atoms with Gasteiger partial charge in [0, 0.05) is 36.7 Å². The maximum absolute atomic E-state index is 12.3. The van der Waals surface area contributed by atoms with E-state index in [0.717, 1.165) is 16.9 Å². The first-order valence-electron chi connectivity index (χ1n) is 8.71. The number of para-hydroxylation sites is 1. The first-order valence-corrected chi connectivity index (χ1v) is 8.71. The van der Waals surface area contributed by atoms with E-state index in [1.807, 2.05) is 31.3 Å². The largest absolute Gasteiger partial charge is 0.496 e. The number of methoxy groups -OCH3 is 1. The van der Waals surface area contributed by atoms with Gasteiger partial charge < -0.3 is 10.1 Å². The minimum Gasteiger partial charge on any atom is -0.496 e. The van der Waals surface area contributed by atoms with Gasteiger partial charge in [0.2, 0.25) is 5.91 Å². The van der Waals surface area contributed by atoms with Gasteiger partial charge in [-0.1, -0.05) is 24.3 Å². The molecule has 0 spiro atoms. The molecular formula is C20H25N3O4. The van der Waals surface area contributed by atoms with Gasteiger partial charge in [-0.05, 0) is 32.5 Å². The molecule has 1 N–H and O–H groups in total. The van der Waals surface area contributed by atoms with Crippen LogP contribution in [0.3, 0.4) is 0 Å². The lowest BCUT2D eigenvalue weighted by molar-refractivity contribution is -0.384. The van der Waals surface area contributed by atoms with Crippen LogP contribution in [0.4, 0.5) is 11.4 Å². The van der Waals surface area contributed by atoms with Gasteiger partial charge in [-0.3, -0.25) is 19.8 Å². The van der Waals surface area contributed by atoms with Gasteiger partial charge in [0.15, 0.2) is 0 Å². The fourth-order valence-electron chi connectivity index (χ4n) is 2.79. The summed E-state index contributed by atoms with van der Waals surface area (Å²) in [6, 6.07) is 12.3. The highest BCUT2D eigenvalue weighted by Crippen LogP contribution is 2.28. The highest BCUT2D eigenvalue weighted by Gasteiger charge is 2.17. The Morgan fingerprint density at radius 3 is 2.67 bits per heavy atom. The summed E-state index contributed by atoms with van der Waals surface area (Å²) in [5.74, 6) is 0.631. The van der Waals surface area contributed by atoms with E-state index in [0.29, 0.717) is 12.2 Å². The molecule has 0 aliphatic rings. The van der Waals surface area contributed by atoms with Crippen molar-refractivity contribution in [2.24, 2.45) is 0 Å². The Kier molecular flexibility index (Phi) is 6.90. The summed E-state index contributed by atoms with van der Waals surface area (Å²) in [5.41, 5.74) is 2.26. The second kappa shape index (κ2) is 9.14. The van der Waals surface area contributed by atoms with Crippen LogP contribution in [0, 0.1) is 17.0 Å². The molecule has 0 heterocycles. The van der Waals surface area contributed by atoms with E-state index in [2.05, 4.69) is 17.1 Å². The summed E-state index contributed by atoms with van der Waals surface area (Å²) in [6.07, 6.45) is 0.276. The van der Waals surface area contributed by atoms with Crippen LogP contribution in [0.5, 0.6) is 5.75 Å². The molecule has 0 bridgehead atoms. The van der Waals surface area contributed by atoms with Crippen molar-refractivity contribution in [3.05, 3.63) is 63.7 Å². The van der Waals surface area contributed by atoms with Gasteiger partial charge in [0.25, 0.3) is 5.69 Å². The van der Waals surface area contributed by atoms with Crippen molar-refractivity contribution >= 4 is 17.3 Å². The Morgan fingerprint density at radius 2 is 2.00 bits per heavy atom. The third-order valence-electron chi connectivity index (χ3n) is 4.65. The van der Waals surface area contributed by atoms with E-state index in [9.17, 15) is 14.9 Å². The molecule has 27 heavy (non-hydrogen) atoms. The van der Waals surface area contributed by atoms with Crippen LogP contribution in [0.15, 0.2) is 42.5 Å². The second-order valence-electron chi connectivity index (χ2n) is 6.45. The molecule has 0 aliphatic heterocycles. The van der Waals surface area contributed by atoms with E-state index < -0.39 is 4.92 Å². The van der Waals surface area contributed by atoms with Crippen LogP contribution in [0.1, 0.15) is 30.5 Å². The van der Waals surface area contributed by atoms with Crippen molar-refractivity contribution in [1.29, 1.82) is 0 Å². The smallest absolute Gasteiger partial charge is 0.271 e. The number of hydrogen-bond donors (Lipinski definition) is 1. The normalized spacial score (nSPS) is 11.9. The van der Waals surface area contributed by atoms with Crippen molar-refractivity contribution in [1.82, 2.24) is 4.90 Å². The van der Waals surface area contributed by atoms with Crippen LogP contribution in [-0.4, -0.2) is 36.4 Å². The summed E-state index contributed by atoms with van der Waals surface area (Å²) in [7, 11) is 3.59. The first kappa shape index (κ1) is 20.4. The molecule has 0 saturated heterocycles. The Bertz CT molecular complexity index is 823. The minimum absolute atomic E-state index is 0.0437. The Labute approximate surface area is 159 Å². The number of carbonyl (C=O) groups is 1. The molecule has 1 atom stereocenters.